The molecule has 0 aliphatic rings. The van der Waals surface area contributed by atoms with Crippen molar-refractivity contribution in [1.29, 1.82) is 0 Å². The molecule has 0 fully saturated rings. The summed E-state index contributed by atoms with van der Waals surface area (Å²) < 4.78 is 11.9. The van der Waals surface area contributed by atoms with Crippen molar-refractivity contribution in [2.24, 2.45) is 0 Å². The number of carboxylic acid groups (broad SMARTS) is 1. The number of halogens is 1. The van der Waals surface area contributed by atoms with Gasteiger partial charge in [0.15, 0.2) is 0 Å². The molecule has 5 heteroatoms. The summed E-state index contributed by atoms with van der Waals surface area (Å²) in [5, 5.41) is 8.64. The number of benzene rings is 1. The van der Waals surface area contributed by atoms with E-state index in [0.717, 1.165) is 21.5 Å². The average molecular weight is 345 g/mol. The van der Waals surface area contributed by atoms with Crippen molar-refractivity contribution < 1.29 is 19.4 Å². The number of ether oxygens (including phenoxy) is 2. The van der Waals surface area contributed by atoms with Crippen LogP contribution in [0.15, 0.2) is 16.6 Å². The molecule has 1 rings (SSSR count). The van der Waals surface area contributed by atoms with E-state index >= 15 is 0 Å². The highest BCUT2D eigenvalue weighted by Gasteiger charge is 2.22. The van der Waals surface area contributed by atoms with Crippen molar-refractivity contribution >= 4 is 21.9 Å². The molecule has 0 atom stereocenters. The maximum absolute atomic E-state index is 10.5. The minimum absolute atomic E-state index is 0.0980. The quantitative estimate of drug-likeness (QED) is 0.792. The summed E-state index contributed by atoms with van der Waals surface area (Å²) >= 11 is 3.49. The Morgan fingerprint density at radius 2 is 2.00 bits per heavy atom. The number of carbonyl (C=O) groups is 1. The highest BCUT2D eigenvalue weighted by molar-refractivity contribution is 9.10. The number of hydrogen-bond acceptors (Lipinski definition) is 3. The average Bonchev–Trinajstić information content (AvgIpc) is 2.33. The summed E-state index contributed by atoms with van der Waals surface area (Å²) in [6.07, 6.45) is 0.593. The van der Waals surface area contributed by atoms with Gasteiger partial charge in [-0.05, 0) is 39.9 Å². The zero-order valence-electron chi connectivity index (χ0n) is 12.3. The van der Waals surface area contributed by atoms with Crippen LogP contribution in [0.25, 0.3) is 0 Å². The lowest BCUT2D eigenvalue weighted by atomic mass is 9.86. The normalized spacial score (nSPS) is 11.2. The van der Waals surface area contributed by atoms with Gasteiger partial charge in [0, 0.05) is 12.0 Å². The molecule has 0 heterocycles. The lowest BCUT2D eigenvalue weighted by Crippen LogP contribution is -2.15. The van der Waals surface area contributed by atoms with E-state index in [0.29, 0.717) is 13.0 Å². The molecule has 20 heavy (non-hydrogen) atoms. The fraction of sp³-hybridized carbons (Fsp3) is 0.533. The summed E-state index contributed by atoms with van der Waals surface area (Å²) in [5.74, 6) is 0.710. The van der Waals surface area contributed by atoms with E-state index in [1.807, 2.05) is 12.1 Å². The maximum Gasteiger partial charge on any atom is 0.303 e. The van der Waals surface area contributed by atoms with Crippen LogP contribution in [-0.2, 0) is 10.2 Å². The van der Waals surface area contributed by atoms with Gasteiger partial charge in [-0.1, -0.05) is 20.8 Å². The largest absolute Gasteiger partial charge is 0.497 e. The van der Waals surface area contributed by atoms with Crippen molar-refractivity contribution in [1.82, 2.24) is 0 Å². The molecular formula is C15H21BrO4. The third-order valence-electron chi connectivity index (χ3n) is 2.84. The predicted molar refractivity (Wildman–Crippen MR) is 81.8 cm³/mol. The first-order chi connectivity index (χ1) is 9.25. The van der Waals surface area contributed by atoms with Crippen molar-refractivity contribution in [3.05, 3.63) is 22.2 Å². The van der Waals surface area contributed by atoms with E-state index in [1.54, 1.807) is 7.11 Å². The first-order valence-electron chi connectivity index (χ1n) is 6.48. The van der Waals surface area contributed by atoms with Gasteiger partial charge in [0.2, 0.25) is 0 Å². The molecule has 0 aromatic heterocycles. The van der Waals surface area contributed by atoms with Gasteiger partial charge in [-0.2, -0.15) is 0 Å². The summed E-state index contributed by atoms with van der Waals surface area (Å²) in [5.41, 5.74) is 0.929. The summed E-state index contributed by atoms with van der Waals surface area (Å²) in [4.78, 5) is 10.5. The molecule has 1 N–H and O–H groups in total. The fourth-order valence-electron chi connectivity index (χ4n) is 1.79. The van der Waals surface area contributed by atoms with Gasteiger partial charge in [0.25, 0.3) is 0 Å². The lowest BCUT2D eigenvalue weighted by molar-refractivity contribution is -0.137. The monoisotopic (exact) mass is 344 g/mol. The third-order valence-corrected chi connectivity index (χ3v) is 3.43. The van der Waals surface area contributed by atoms with Crippen LogP contribution < -0.4 is 9.47 Å². The molecule has 0 saturated carbocycles. The molecule has 0 amide bonds. The number of methoxy groups -OCH3 is 1. The SMILES string of the molecule is COc1cc(Br)c(OCCCC(=O)O)c(C(C)(C)C)c1. The zero-order valence-corrected chi connectivity index (χ0v) is 13.9. The molecule has 4 nitrogen and oxygen atoms in total. The fourth-order valence-corrected chi connectivity index (χ4v) is 2.34. The number of rotatable bonds is 6. The van der Waals surface area contributed by atoms with Crippen molar-refractivity contribution in [2.45, 2.75) is 39.0 Å². The highest BCUT2D eigenvalue weighted by Crippen LogP contribution is 2.40. The van der Waals surface area contributed by atoms with Crippen molar-refractivity contribution in [3.63, 3.8) is 0 Å². The molecule has 1 aromatic carbocycles. The van der Waals surface area contributed by atoms with Gasteiger partial charge in [-0.3, -0.25) is 4.79 Å². The zero-order chi connectivity index (χ0) is 15.3. The van der Waals surface area contributed by atoms with E-state index in [4.69, 9.17) is 14.6 Å². The van der Waals surface area contributed by atoms with Crippen LogP contribution >= 0.6 is 15.9 Å². The number of aliphatic carboxylic acids is 1. The van der Waals surface area contributed by atoms with E-state index in [2.05, 4.69) is 36.7 Å². The van der Waals surface area contributed by atoms with E-state index in [-0.39, 0.29) is 11.8 Å². The molecule has 0 radical (unpaired) electrons. The number of hydrogen-bond donors (Lipinski definition) is 1. The third kappa shape index (κ3) is 4.71. The van der Waals surface area contributed by atoms with Gasteiger partial charge >= 0.3 is 5.97 Å². The molecule has 0 unspecified atom stereocenters. The van der Waals surface area contributed by atoms with Crippen molar-refractivity contribution in [3.8, 4) is 11.5 Å². The second-order valence-corrected chi connectivity index (χ2v) is 6.44. The molecule has 0 aliphatic carbocycles. The molecule has 112 valence electrons. The van der Waals surface area contributed by atoms with Crippen LogP contribution in [0.3, 0.4) is 0 Å². The molecule has 0 bridgehead atoms. The Balaban J connectivity index is 2.96. The first-order valence-corrected chi connectivity index (χ1v) is 7.27. The smallest absolute Gasteiger partial charge is 0.303 e. The molecule has 1 aromatic rings. The van der Waals surface area contributed by atoms with Crippen LogP contribution in [0.1, 0.15) is 39.2 Å². The number of carboxylic acids is 1. The predicted octanol–water partition coefficient (Wildman–Crippen LogP) is 4.00. The molecule has 0 aliphatic heterocycles. The van der Waals surface area contributed by atoms with Gasteiger partial charge in [-0.15, -0.1) is 0 Å². The summed E-state index contributed by atoms with van der Waals surface area (Å²) in [6.45, 7) is 6.66. The Bertz CT molecular complexity index is 477. The highest BCUT2D eigenvalue weighted by atomic mass is 79.9. The second kappa shape index (κ2) is 6.97. The molecule has 0 saturated heterocycles. The standard InChI is InChI=1S/C15H21BrO4/c1-15(2,3)11-8-10(19-4)9-12(16)14(11)20-7-5-6-13(17)18/h8-9H,5-7H2,1-4H3,(H,17,18). The Kier molecular flexibility index (Phi) is 5.87. The maximum atomic E-state index is 10.5. The Labute approximate surface area is 128 Å². The van der Waals surface area contributed by atoms with E-state index in [9.17, 15) is 4.79 Å². The van der Waals surface area contributed by atoms with Crippen LogP contribution in [0.2, 0.25) is 0 Å². The van der Waals surface area contributed by atoms with Crippen LogP contribution in [0.4, 0.5) is 0 Å². The van der Waals surface area contributed by atoms with E-state index < -0.39 is 5.97 Å². The Morgan fingerprint density at radius 1 is 1.35 bits per heavy atom. The van der Waals surface area contributed by atoms with Gasteiger partial charge in [0.1, 0.15) is 11.5 Å². The minimum Gasteiger partial charge on any atom is -0.497 e. The topological polar surface area (TPSA) is 55.8 Å². The van der Waals surface area contributed by atoms with E-state index in [1.165, 1.54) is 0 Å². The second-order valence-electron chi connectivity index (χ2n) is 5.58. The Morgan fingerprint density at radius 3 is 2.50 bits per heavy atom. The minimum atomic E-state index is -0.807. The van der Waals surface area contributed by atoms with Gasteiger partial charge < -0.3 is 14.6 Å². The van der Waals surface area contributed by atoms with Crippen LogP contribution in [0, 0.1) is 0 Å². The summed E-state index contributed by atoms with van der Waals surface area (Å²) in [7, 11) is 1.63. The van der Waals surface area contributed by atoms with Gasteiger partial charge in [0.05, 0.1) is 18.2 Å². The van der Waals surface area contributed by atoms with Crippen molar-refractivity contribution in [2.75, 3.05) is 13.7 Å². The Hall–Kier alpha value is -1.23. The van der Waals surface area contributed by atoms with Crippen LogP contribution in [0.5, 0.6) is 11.5 Å². The van der Waals surface area contributed by atoms with Crippen LogP contribution in [-0.4, -0.2) is 24.8 Å². The lowest BCUT2D eigenvalue weighted by Gasteiger charge is -2.24. The molecular weight excluding hydrogens is 324 g/mol. The first kappa shape index (κ1) is 16.8. The van der Waals surface area contributed by atoms with Gasteiger partial charge in [-0.25, -0.2) is 0 Å². The summed E-state index contributed by atoms with van der Waals surface area (Å²) in [6, 6.07) is 3.80. The molecule has 0 spiro atoms.